The molecule has 2 aliphatic rings. The number of ether oxygens (including phenoxy) is 1. The summed E-state index contributed by atoms with van der Waals surface area (Å²) in [6.07, 6.45) is 5.48. The third-order valence-electron chi connectivity index (χ3n) is 7.16. The summed E-state index contributed by atoms with van der Waals surface area (Å²) < 4.78 is 70.3. The molecule has 0 aliphatic carbocycles. The van der Waals surface area contributed by atoms with Gasteiger partial charge in [-0.15, -0.1) is 0 Å². The van der Waals surface area contributed by atoms with E-state index in [9.17, 15) is 18.4 Å². The number of hydrogen-bond donors (Lipinski definition) is 1. The Morgan fingerprint density at radius 3 is 2.83 bits per heavy atom. The number of anilines is 1. The maximum Gasteiger partial charge on any atom is 0.387 e. The molecule has 2 amide bonds. The van der Waals surface area contributed by atoms with Crippen molar-refractivity contribution in [2.24, 2.45) is 12.9 Å². The highest BCUT2D eigenvalue weighted by atomic mass is 35.5. The molecule has 0 spiro atoms. The number of aryl methyl sites for hydroxylation is 1. The number of amides is 2. The van der Waals surface area contributed by atoms with Gasteiger partial charge in [0.1, 0.15) is 5.75 Å². The Balaban J connectivity index is 1.56. The van der Waals surface area contributed by atoms with Gasteiger partial charge in [0, 0.05) is 41.4 Å². The fourth-order valence-corrected chi connectivity index (χ4v) is 5.31. The van der Waals surface area contributed by atoms with Crippen LogP contribution in [0.2, 0.25) is 5.02 Å². The highest BCUT2D eigenvalue weighted by molar-refractivity contribution is 6.31. The predicted octanol–water partition coefficient (Wildman–Crippen LogP) is 5.99. The van der Waals surface area contributed by atoms with Crippen LogP contribution in [0.25, 0.3) is 16.8 Å². The van der Waals surface area contributed by atoms with Crippen molar-refractivity contribution in [3.8, 4) is 17.0 Å². The van der Waals surface area contributed by atoms with Crippen LogP contribution in [0.15, 0.2) is 42.7 Å². The molecule has 1 N–H and O–H groups in total. The molecular weight excluding hydrogens is 547 g/mol. The summed E-state index contributed by atoms with van der Waals surface area (Å²) in [6, 6.07) is 4.88. The van der Waals surface area contributed by atoms with Crippen LogP contribution >= 0.6 is 11.6 Å². The molecule has 210 valence electrons. The fourth-order valence-electron chi connectivity index (χ4n) is 5.15. The largest absolute Gasteiger partial charge is 0.434 e. The Labute approximate surface area is 238 Å². The minimum Gasteiger partial charge on any atom is -0.434 e. The normalized spacial score (nSPS) is 21.3. The third kappa shape index (κ3) is 5.42. The molecule has 2 aliphatic heterocycles. The molecule has 0 saturated heterocycles. The predicted molar refractivity (Wildman–Crippen MR) is 143 cm³/mol. The minimum atomic E-state index is -3.21. The van der Waals surface area contributed by atoms with Crippen LogP contribution in [0.1, 0.15) is 54.0 Å². The second-order valence-corrected chi connectivity index (χ2v) is 10.1. The fraction of sp³-hybridized carbons (Fsp3) is 0.357. The Bertz CT molecular complexity index is 1600. The van der Waals surface area contributed by atoms with E-state index in [0.29, 0.717) is 30.5 Å². The number of fused-ring (bicyclic) bond motifs is 4. The van der Waals surface area contributed by atoms with Gasteiger partial charge in [0.05, 0.1) is 39.9 Å². The summed E-state index contributed by atoms with van der Waals surface area (Å²) in [4.78, 5) is 32.6. The molecule has 2 atom stereocenters. The van der Waals surface area contributed by atoms with E-state index in [1.54, 1.807) is 24.0 Å². The summed E-state index contributed by atoms with van der Waals surface area (Å²) >= 11 is 5.92. The SMILES string of the molecule is [2H]C([2H])([2H])n1ncc2c1-c1ccnc(c1)[C@@H](N1CCC(c3c(OC(F)F)ccc(Cl)c3F)=CC1=O)CCC[C@@H](C)C(=O)N2. The minimum absolute atomic E-state index is 0.0931. The Kier molecular flexibility index (Phi) is 6.79. The van der Waals surface area contributed by atoms with E-state index in [0.717, 1.165) is 16.8 Å². The Morgan fingerprint density at radius 1 is 1.25 bits per heavy atom. The van der Waals surface area contributed by atoms with Crippen LogP contribution in [0, 0.1) is 11.7 Å². The van der Waals surface area contributed by atoms with Crippen molar-refractivity contribution in [3.05, 3.63) is 64.8 Å². The van der Waals surface area contributed by atoms with Gasteiger partial charge in [0.2, 0.25) is 11.8 Å². The topological polar surface area (TPSA) is 89.4 Å². The van der Waals surface area contributed by atoms with Gasteiger partial charge in [-0.25, -0.2) is 4.39 Å². The zero-order valence-electron chi connectivity index (χ0n) is 24.3. The van der Waals surface area contributed by atoms with Crippen molar-refractivity contribution in [2.45, 2.75) is 45.3 Å². The number of alkyl halides is 2. The number of aromatic nitrogens is 3. The molecule has 0 fully saturated rings. The van der Waals surface area contributed by atoms with Crippen molar-refractivity contribution in [1.29, 1.82) is 0 Å². The molecule has 0 unspecified atom stereocenters. The van der Waals surface area contributed by atoms with Crippen molar-refractivity contribution < 1.29 is 31.6 Å². The number of halogens is 4. The molecule has 1 aromatic carbocycles. The second kappa shape index (κ2) is 11.3. The molecule has 4 heterocycles. The molecule has 3 aromatic rings. The molecule has 40 heavy (non-hydrogen) atoms. The van der Waals surface area contributed by atoms with E-state index in [1.165, 1.54) is 18.5 Å². The lowest BCUT2D eigenvalue weighted by Gasteiger charge is -2.34. The highest BCUT2D eigenvalue weighted by Crippen LogP contribution is 2.39. The van der Waals surface area contributed by atoms with Crippen molar-refractivity contribution in [3.63, 3.8) is 0 Å². The van der Waals surface area contributed by atoms with E-state index < -0.39 is 43.0 Å². The van der Waals surface area contributed by atoms with Gasteiger partial charge in [-0.1, -0.05) is 24.9 Å². The van der Waals surface area contributed by atoms with Gasteiger partial charge in [0.25, 0.3) is 0 Å². The first-order valence-electron chi connectivity index (χ1n) is 14.1. The standard InChI is InChI=1S/C28H27ClF3N5O3/c1-15-4-3-5-21(19-12-17(8-10-33-19)26-20(35-27(15)39)14-34-36(26)2)37-11-9-16(13-23(37)38)24-22(40-28(31)32)7-6-18(29)25(24)30/h6-8,10,12-15,21,28H,3-5,9,11H2,1-2H3,(H,35,39)/t15-,21+/m1/s1/i2D3. The monoisotopic (exact) mass is 576 g/mol. The van der Waals surface area contributed by atoms with Crippen LogP contribution in [0.5, 0.6) is 5.75 Å². The molecule has 0 saturated carbocycles. The van der Waals surface area contributed by atoms with Gasteiger partial charge in [-0.3, -0.25) is 19.3 Å². The maximum atomic E-state index is 15.0. The first kappa shape index (κ1) is 24.0. The summed E-state index contributed by atoms with van der Waals surface area (Å²) in [5.41, 5.74) is 1.14. The quantitative estimate of drug-likeness (QED) is 0.412. The van der Waals surface area contributed by atoms with E-state index in [1.807, 2.05) is 0 Å². The van der Waals surface area contributed by atoms with Crippen LogP contribution in [0.4, 0.5) is 18.9 Å². The van der Waals surface area contributed by atoms with E-state index in [4.69, 9.17) is 15.7 Å². The van der Waals surface area contributed by atoms with Crippen LogP contribution in [-0.4, -0.2) is 44.6 Å². The lowest BCUT2D eigenvalue weighted by Crippen LogP contribution is -2.38. The number of benzene rings is 1. The first-order chi connectivity index (χ1) is 20.3. The second-order valence-electron chi connectivity index (χ2n) is 9.69. The number of hydrogen-bond acceptors (Lipinski definition) is 5. The third-order valence-corrected chi connectivity index (χ3v) is 7.45. The molecule has 2 bridgehead atoms. The van der Waals surface area contributed by atoms with E-state index in [-0.39, 0.29) is 46.4 Å². The van der Waals surface area contributed by atoms with Crippen molar-refractivity contribution in [2.75, 3.05) is 11.9 Å². The summed E-state index contributed by atoms with van der Waals surface area (Å²) in [7, 11) is 0. The lowest BCUT2D eigenvalue weighted by atomic mass is 9.93. The van der Waals surface area contributed by atoms with E-state index in [2.05, 4.69) is 20.1 Å². The van der Waals surface area contributed by atoms with E-state index >= 15 is 4.39 Å². The average molecular weight is 577 g/mol. The zero-order valence-corrected chi connectivity index (χ0v) is 22.1. The number of nitrogens with zero attached hydrogens (tertiary/aromatic N) is 4. The Morgan fingerprint density at radius 2 is 2.08 bits per heavy atom. The van der Waals surface area contributed by atoms with Gasteiger partial charge in [-0.05, 0) is 49.1 Å². The Hall–Kier alpha value is -3.86. The van der Waals surface area contributed by atoms with Gasteiger partial charge >= 0.3 is 6.61 Å². The summed E-state index contributed by atoms with van der Waals surface area (Å²) in [6.45, 7) is -4.01. The summed E-state index contributed by atoms with van der Waals surface area (Å²) in [5.74, 6) is -2.64. The maximum absolute atomic E-state index is 15.0. The number of carbonyl (C=O) groups is 2. The van der Waals surface area contributed by atoms with Crippen molar-refractivity contribution in [1.82, 2.24) is 19.7 Å². The highest BCUT2D eigenvalue weighted by Gasteiger charge is 2.32. The first-order valence-corrected chi connectivity index (χ1v) is 13.0. The molecule has 0 radical (unpaired) electrons. The molecule has 5 rings (SSSR count). The number of rotatable bonds is 4. The van der Waals surface area contributed by atoms with Crippen LogP contribution in [-0.2, 0) is 16.6 Å². The molecule has 12 heteroatoms. The van der Waals surface area contributed by atoms with Crippen molar-refractivity contribution >= 4 is 34.7 Å². The number of nitrogens with one attached hydrogen (secondary N) is 1. The van der Waals surface area contributed by atoms with Gasteiger partial charge in [0.15, 0.2) is 5.82 Å². The average Bonchev–Trinajstić information content (AvgIpc) is 3.37. The van der Waals surface area contributed by atoms with Gasteiger partial charge in [-0.2, -0.15) is 13.9 Å². The molecule has 2 aromatic heterocycles. The molecular formula is C28H27ClF3N5O3. The number of carbonyl (C=O) groups excluding carboxylic acids is 2. The van der Waals surface area contributed by atoms with Gasteiger partial charge < -0.3 is 15.0 Å². The zero-order chi connectivity index (χ0) is 31.1. The van der Waals surface area contributed by atoms with Crippen LogP contribution < -0.4 is 10.1 Å². The number of pyridine rings is 1. The lowest BCUT2D eigenvalue weighted by molar-refractivity contribution is -0.129. The van der Waals surface area contributed by atoms with Crippen LogP contribution in [0.3, 0.4) is 0 Å². The smallest absolute Gasteiger partial charge is 0.387 e. The molecule has 8 nitrogen and oxygen atoms in total. The summed E-state index contributed by atoms with van der Waals surface area (Å²) in [5, 5.41) is 6.51.